The van der Waals surface area contributed by atoms with E-state index < -0.39 is 38.3 Å². The normalized spacial score (nSPS) is 11.4. The molecular weight excluding hydrogens is 573 g/mol. The fraction of sp³-hybridized carbons (Fsp3) is 0.107. The molecule has 0 saturated heterocycles. The van der Waals surface area contributed by atoms with Gasteiger partial charge in [-0.1, -0.05) is 18.2 Å². The van der Waals surface area contributed by atoms with Gasteiger partial charge in [-0.3, -0.25) is 13.8 Å². The summed E-state index contributed by atoms with van der Waals surface area (Å²) in [5.41, 5.74) is 0.486. The molecule has 0 spiro atoms. The number of amides is 1. The van der Waals surface area contributed by atoms with E-state index in [0.29, 0.717) is 5.75 Å². The average Bonchev–Trinajstić information content (AvgIpc) is 2.97. The second-order valence-electron chi connectivity index (χ2n) is 8.55. The van der Waals surface area contributed by atoms with Crippen molar-refractivity contribution in [2.45, 2.75) is 9.79 Å². The molecule has 1 amide bonds. The first-order valence-corrected chi connectivity index (χ1v) is 14.9. The fourth-order valence-corrected chi connectivity index (χ4v) is 6.29. The first kappa shape index (κ1) is 29.4. The number of methoxy groups -OCH3 is 2. The number of carbonyl (C=O) groups excluding carboxylic acids is 1. The lowest BCUT2D eigenvalue weighted by Crippen LogP contribution is -2.38. The molecule has 0 unspecified atom stereocenters. The second kappa shape index (κ2) is 12.3. The Hall–Kier alpha value is -4.62. The molecule has 2 N–H and O–H groups in total. The predicted molar refractivity (Wildman–Crippen MR) is 153 cm³/mol. The van der Waals surface area contributed by atoms with Crippen LogP contribution in [0.2, 0.25) is 0 Å². The van der Waals surface area contributed by atoms with Crippen molar-refractivity contribution in [1.29, 1.82) is 0 Å². The summed E-state index contributed by atoms with van der Waals surface area (Å²) in [6, 6.07) is 22.2. The van der Waals surface area contributed by atoms with Crippen LogP contribution in [0.15, 0.2) is 107 Å². The Morgan fingerprint density at radius 2 is 1.46 bits per heavy atom. The molecule has 0 saturated carbocycles. The highest BCUT2D eigenvalue weighted by Crippen LogP contribution is 2.31. The molecule has 0 radical (unpaired) electrons. The van der Waals surface area contributed by atoms with Gasteiger partial charge in [-0.15, -0.1) is 0 Å². The van der Waals surface area contributed by atoms with Gasteiger partial charge in [-0.05, 0) is 72.8 Å². The highest BCUT2D eigenvalue weighted by atomic mass is 32.2. The van der Waals surface area contributed by atoms with Crippen molar-refractivity contribution in [3.05, 3.63) is 103 Å². The van der Waals surface area contributed by atoms with Crippen LogP contribution >= 0.6 is 0 Å². The van der Waals surface area contributed by atoms with E-state index in [1.807, 2.05) is 0 Å². The van der Waals surface area contributed by atoms with Gasteiger partial charge < -0.3 is 14.8 Å². The summed E-state index contributed by atoms with van der Waals surface area (Å²) in [5.74, 6) is -0.562. The number of ether oxygens (including phenoxy) is 2. The molecule has 4 aromatic carbocycles. The van der Waals surface area contributed by atoms with Crippen LogP contribution in [-0.4, -0.2) is 43.5 Å². The molecule has 0 bridgehead atoms. The van der Waals surface area contributed by atoms with E-state index in [1.165, 1.54) is 68.8 Å². The third-order valence-electron chi connectivity index (χ3n) is 5.83. The lowest BCUT2D eigenvalue weighted by Gasteiger charge is -2.24. The summed E-state index contributed by atoms with van der Waals surface area (Å²) < 4.78 is 79.9. The molecule has 0 aromatic heterocycles. The zero-order valence-electron chi connectivity index (χ0n) is 21.9. The number of hydrogen-bond acceptors (Lipinski definition) is 7. The van der Waals surface area contributed by atoms with Crippen molar-refractivity contribution in [3.8, 4) is 11.5 Å². The van der Waals surface area contributed by atoms with Gasteiger partial charge in [0.15, 0.2) is 0 Å². The van der Waals surface area contributed by atoms with Gasteiger partial charge >= 0.3 is 0 Å². The highest BCUT2D eigenvalue weighted by Gasteiger charge is 2.27. The van der Waals surface area contributed by atoms with E-state index in [1.54, 1.807) is 30.3 Å². The largest absolute Gasteiger partial charge is 0.497 e. The van der Waals surface area contributed by atoms with Crippen LogP contribution in [0, 0.1) is 5.82 Å². The molecule has 0 fully saturated rings. The Balaban J connectivity index is 1.52. The van der Waals surface area contributed by atoms with Crippen molar-refractivity contribution in [1.82, 2.24) is 0 Å². The summed E-state index contributed by atoms with van der Waals surface area (Å²) in [4.78, 5) is 12.8. The summed E-state index contributed by atoms with van der Waals surface area (Å²) in [6.07, 6.45) is 0. The maximum Gasteiger partial charge on any atom is 0.264 e. The van der Waals surface area contributed by atoms with E-state index in [4.69, 9.17) is 9.47 Å². The van der Waals surface area contributed by atoms with Crippen LogP contribution in [0.25, 0.3) is 0 Å². The minimum Gasteiger partial charge on any atom is -0.497 e. The van der Waals surface area contributed by atoms with Gasteiger partial charge in [-0.25, -0.2) is 21.2 Å². The van der Waals surface area contributed by atoms with Crippen molar-refractivity contribution < 1.29 is 35.5 Å². The van der Waals surface area contributed by atoms with Crippen LogP contribution in [0.3, 0.4) is 0 Å². The lowest BCUT2D eigenvalue weighted by molar-refractivity contribution is -0.114. The number of sulfonamides is 2. The summed E-state index contributed by atoms with van der Waals surface area (Å²) in [5, 5.41) is 2.57. The number of carbonyl (C=O) groups is 1. The fourth-order valence-electron chi connectivity index (χ4n) is 3.79. The van der Waals surface area contributed by atoms with Crippen LogP contribution in [0.5, 0.6) is 11.5 Å². The molecule has 0 aliphatic rings. The third kappa shape index (κ3) is 6.94. The van der Waals surface area contributed by atoms with E-state index in [0.717, 1.165) is 16.4 Å². The van der Waals surface area contributed by atoms with Crippen LogP contribution in [0.1, 0.15) is 0 Å². The number of hydrogen-bond donors (Lipinski definition) is 2. The molecule has 0 aliphatic carbocycles. The third-order valence-corrected chi connectivity index (χ3v) is 9.00. The smallest absolute Gasteiger partial charge is 0.264 e. The minimum atomic E-state index is -4.18. The number of nitrogens with zero attached hydrogens (tertiary/aromatic N) is 1. The zero-order chi connectivity index (χ0) is 29.6. The molecule has 0 heterocycles. The summed E-state index contributed by atoms with van der Waals surface area (Å²) in [7, 11) is -5.37. The minimum absolute atomic E-state index is 0.0492. The van der Waals surface area contributed by atoms with Crippen molar-refractivity contribution >= 4 is 43.0 Å². The first-order valence-electron chi connectivity index (χ1n) is 12.0. The number of halogens is 1. The van der Waals surface area contributed by atoms with Crippen LogP contribution in [0.4, 0.5) is 21.5 Å². The number of rotatable bonds is 11. The van der Waals surface area contributed by atoms with E-state index in [-0.39, 0.29) is 32.6 Å². The van der Waals surface area contributed by atoms with Crippen molar-refractivity contribution in [3.63, 3.8) is 0 Å². The number of benzene rings is 4. The maximum absolute atomic E-state index is 13.5. The maximum atomic E-state index is 13.5. The van der Waals surface area contributed by atoms with Crippen molar-refractivity contribution in [2.75, 3.05) is 35.1 Å². The molecule has 0 atom stereocenters. The van der Waals surface area contributed by atoms with Gasteiger partial charge in [0.1, 0.15) is 23.9 Å². The molecule has 4 rings (SSSR count). The molecule has 214 valence electrons. The van der Waals surface area contributed by atoms with E-state index in [9.17, 15) is 26.0 Å². The molecular formula is C28H26FN3O7S2. The molecule has 0 aliphatic heterocycles. The second-order valence-corrected chi connectivity index (χ2v) is 12.1. The Bertz CT molecular complexity index is 1730. The zero-order valence-corrected chi connectivity index (χ0v) is 23.6. The summed E-state index contributed by atoms with van der Waals surface area (Å²) in [6.45, 7) is -0.625. The Labute approximate surface area is 237 Å². The average molecular weight is 600 g/mol. The Kier molecular flexibility index (Phi) is 8.79. The standard InChI is InChI=1S/C28H26FN3O7S2/c1-38-23-14-17-27(39-2)26(18-23)31-40(34,35)24-15-10-21(11-16-24)30-28(33)19-32(22-12-8-20(29)9-13-22)41(36,37)25-6-4-3-5-7-25/h3-18,31H,19H2,1-2H3,(H,30,33). The quantitative estimate of drug-likeness (QED) is 0.260. The Morgan fingerprint density at radius 1 is 0.805 bits per heavy atom. The van der Waals surface area contributed by atoms with Gasteiger partial charge in [0.2, 0.25) is 5.91 Å². The van der Waals surface area contributed by atoms with E-state index >= 15 is 0 Å². The lowest BCUT2D eigenvalue weighted by atomic mass is 10.3. The van der Waals surface area contributed by atoms with Crippen LogP contribution < -0.4 is 23.8 Å². The molecule has 13 heteroatoms. The van der Waals surface area contributed by atoms with Gasteiger partial charge in [0.25, 0.3) is 20.0 Å². The SMILES string of the molecule is COc1ccc(OC)c(NS(=O)(=O)c2ccc(NC(=O)CN(c3ccc(F)cc3)S(=O)(=O)c3ccccc3)cc2)c1. The van der Waals surface area contributed by atoms with E-state index in [2.05, 4.69) is 10.0 Å². The van der Waals surface area contributed by atoms with Crippen LogP contribution in [-0.2, 0) is 24.8 Å². The van der Waals surface area contributed by atoms with Gasteiger partial charge in [0.05, 0.1) is 35.4 Å². The highest BCUT2D eigenvalue weighted by molar-refractivity contribution is 7.93. The van der Waals surface area contributed by atoms with Gasteiger partial charge in [0, 0.05) is 11.8 Å². The predicted octanol–water partition coefficient (Wildman–Crippen LogP) is 4.48. The monoisotopic (exact) mass is 599 g/mol. The van der Waals surface area contributed by atoms with Crippen molar-refractivity contribution in [2.24, 2.45) is 0 Å². The first-order chi connectivity index (χ1) is 19.5. The number of anilines is 3. The molecule has 4 aromatic rings. The Morgan fingerprint density at radius 3 is 2.07 bits per heavy atom. The molecule has 10 nitrogen and oxygen atoms in total. The van der Waals surface area contributed by atoms with Gasteiger partial charge in [-0.2, -0.15) is 0 Å². The molecule has 41 heavy (non-hydrogen) atoms. The topological polar surface area (TPSA) is 131 Å². The summed E-state index contributed by atoms with van der Waals surface area (Å²) >= 11 is 0. The number of nitrogens with one attached hydrogen (secondary N) is 2.